The van der Waals surface area contributed by atoms with Crippen molar-refractivity contribution in [2.24, 2.45) is 0 Å². The van der Waals surface area contributed by atoms with Gasteiger partial charge in [0.15, 0.2) is 0 Å². The lowest BCUT2D eigenvalue weighted by atomic mass is 10.1. The molecule has 0 amide bonds. The number of aromatic carboxylic acids is 3. The van der Waals surface area contributed by atoms with Crippen molar-refractivity contribution in [3.05, 3.63) is 34.9 Å². The van der Waals surface area contributed by atoms with Crippen molar-refractivity contribution in [1.29, 1.82) is 0 Å². The SMILES string of the molecule is Cl.ClCCl.O=C(O)c1cc(C(=O)O)cc(C(=O)O)c1. The van der Waals surface area contributed by atoms with Gasteiger partial charge in [0.2, 0.25) is 0 Å². The minimum absolute atomic E-state index is 0. The van der Waals surface area contributed by atoms with Crippen LogP contribution in [0, 0.1) is 0 Å². The summed E-state index contributed by atoms with van der Waals surface area (Å²) >= 11 is 9.53. The second kappa shape index (κ2) is 9.43. The average molecular weight is 332 g/mol. The number of hydrogen-bond acceptors (Lipinski definition) is 3. The largest absolute Gasteiger partial charge is 0.478 e. The van der Waals surface area contributed by atoms with Gasteiger partial charge in [-0.25, -0.2) is 14.4 Å². The molecule has 6 nitrogen and oxygen atoms in total. The van der Waals surface area contributed by atoms with Crippen molar-refractivity contribution in [3.63, 3.8) is 0 Å². The van der Waals surface area contributed by atoms with E-state index in [-0.39, 0.29) is 34.4 Å². The van der Waals surface area contributed by atoms with Crippen molar-refractivity contribution in [1.82, 2.24) is 0 Å². The van der Waals surface area contributed by atoms with Crippen molar-refractivity contribution in [2.75, 3.05) is 5.34 Å². The summed E-state index contributed by atoms with van der Waals surface area (Å²) in [5.74, 6) is -4.12. The summed E-state index contributed by atoms with van der Waals surface area (Å²) in [6.07, 6.45) is 0. The van der Waals surface area contributed by atoms with Crippen LogP contribution in [-0.4, -0.2) is 38.6 Å². The second-order valence-corrected chi connectivity index (χ2v) is 3.62. The molecule has 9 heteroatoms. The Kier molecular flexibility index (Phi) is 9.85. The summed E-state index contributed by atoms with van der Waals surface area (Å²) in [5.41, 5.74) is -1.10. The lowest BCUT2D eigenvalue weighted by Gasteiger charge is -2.00. The third-order valence-electron chi connectivity index (χ3n) is 1.67. The lowest BCUT2D eigenvalue weighted by Crippen LogP contribution is -2.07. The number of hydrogen-bond donors (Lipinski definition) is 3. The first-order valence-electron chi connectivity index (χ1n) is 4.30. The highest BCUT2D eigenvalue weighted by Crippen LogP contribution is 2.11. The minimum Gasteiger partial charge on any atom is -0.478 e. The van der Waals surface area contributed by atoms with Crippen molar-refractivity contribution in [3.8, 4) is 0 Å². The molecule has 3 N–H and O–H groups in total. The molecular formula is C10H9Cl3O6. The highest BCUT2D eigenvalue weighted by atomic mass is 35.5. The first-order valence-corrected chi connectivity index (χ1v) is 5.37. The summed E-state index contributed by atoms with van der Waals surface area (Å²) in [6, 6.07) is 2.70. The molecule has 0 aliphatic carbocycles. The maximum atomic E-state index is 10.6. The first kappa shape index (κ1) is 19.8. The highest BCUT2D eigenvalue weighted by molar-refractivity contribution is 6.40. The molecule has 0 unspecified atom stereocenters. The lowest BCUT2D eigenvalue weighted by molar-refractivity contribution is 0.0696. The van der Waals surface area contributed by atoms with E-state index in [4.69, 9.17) is 38.5 Å². The van der Waals surface area contributed by atoms with Crippen LogP contribution in [0.1, 0.15) is 31.1 Å². The third-order valence-corrected chi connectivity index (χ3v) is 1.67. The molecule has 0 saturated heterocycles. The maximum absolute atomic E-state index is 10.6. The molecular weight excluding hydrogens is 322 g/mol. The molecule has 1 rings (SSSR count). The predicted octanol–water partition coefficient (Wildman–Crippen LogP) is 2.62. The topological polar surface area (TPSA) is 112 Å². The molecule has 0 atom stereocenters. The molecule has 106 valence electrons. The van der Waals surface area contributed by atoms with E-state index in [2.05, 4.69) is 0 Å². The monoisotopic (exact) mass is 330 g/mol. The van der Waals surface area contributed by atoms with E-state index in [0.29, 0.717) is 0 Å². The van der Waals surface area contributed by atoms with Gasteiger partial charge >= 0.3 is 17.9 Å². The van der Waals surface area contributed by atoms with Gasteiger partial charge in [-0.2, -0.15) is 0 Å². The number of carboxylic acid groups (broad SMARTS) is 3. The number of carbonyl (C=O) groups is 3. The molecule has 0 aromatic heterocycles. The Morgan fingerprint density at radius 1 is 0.789 bits per heavy atom. The zero-order valence-corrected chi connectivity index (χ0v) is 11.5. The quantitative estimate of drug-likeness (QED) is 0.734. The van der Waals surface area contributed by atoms with Gasteiger partial charge in [-0.05, 0) is 18.2 Å². The van der Waals surface area contributed by atoms with E-state index in [1.165, 1.54) is 0 Å². The van der Waals surface area contributed by atoms with Gasteiger partial charge in [0.1, 0.15) is 0 Å². The summed E-state index contributed by atoms with van der Waals surface area (Å²) in [5, 5.41) is 26.0. The summed E-state index contributed by atoms with van der Waals surface area (Å²) < 4.78 is 0. The molecule has 0 aliphatic rings. The van der Waals surface area contributed by atoms with Gasteiger partial charge < -0.3 is 15.3 Å². The van der Waals surface area contributed by atoms with E-state index in [1.54, 1.807) is 0 Å². The minimum atomic E-state index is -1.37. The smallest absolute Gasteiger partial charge is 0.335 e. The Morgan fingerprint density at radius 3 is 1.05 bits per heavy atom. The van der Waals surface area contributed by atoms with Crippen LogP contribution in [0.25, 0.3) is 0 Å². The van der Waals surface area contributed by atoms with Gasteiger partial charge in [0.25, 0.3) is 0 Å². The Labute approximate surface area is 124 Å². The molecule has 0 spiro atoms. The second-order valence-electron chi connectivity index (χ2n) is 2.82. The predicted molar refractivity (Wildman–Crippen MR) is 71.1 cm³/mol. The van der Waals surface area contributed by atoms with Crippen LogP contribution in [0.15, 0.2) is 18.2 Å². The van der Waals surface area contributed by atoms with Crippen LogP contribution >= 0.6 is 35.6 Å². The third kappa shape index (κ3) is 6.85. The zero-order valence-electron chi connectivity index (χ0n) is 9.17. The van der Waals surface area contributed by atoms with Crippen molar-refractivity contribution < 1.29 is 29.7 Å². The van der Waals surface area contributed by atoms with Gasteiger partial charge in [-0.3, -0.25) is 0 Å². The number of benzene rings is 1. The van der Waals surface area contributed by atoms with Gasteiger partial charge in [0, 0.05) is 0 Å². The zero-order chi connectivity index (χ0) is 14.3. The molecule has 0 aliphatic heterocycles. The normalized spacial score (nSPS) is 8.53. The fourth-order valence-corrected chi connectivity index (χ4v) is 0.998. The molecule has 1 aromatic rings. The fraction of sp³-hybridized carbons (Fsp3) is 0.100. The average Bonchev–Trinajstić information content (AvgIpc) is 2.29. The Balaban J connectivity index is 0. The van der Waals surface area contributed by atoms with Gasteiger partial charge in [0.05, 0.1) is 22.0 Å². The van der Waals surface area contributed by atoms with E-state index < -0.39 is 17.9 Å². The standard InChI is InChI=1S/C9H6O6.CH2Cl2.ClH/c10-7(11)4-1-5(8(12)13)3-6(2-4)9(14)15;2-1-3;/h1-3H,(H,10,11)(H,12,13)(H,14,15);1H2;1H. The summed E-state index contributed by atoms with van der Waals surface area (Å²) in [6.45, 7) is 0. The van der Waals surface area contributed by atoms with E-state index in [0.717, 1.165) is 18.2 Å². The molecule has 19 heavy (non-hydrogen) atoms. The number of alkyl halides is 2. The van der Waals surface area contributed by atoms with Crippen LogP contribution in [0.5, 0.6) is 0 Å². The molecule has 1 aromatic carbocycles. The van der Waals surface area contributed by atoms with Crippen LogP contribution in [-0.2, 0) is 0 Å². The molecule has 0 heterocycles. The van der Waals surface area contributed by atoms with Crippen LogP contribution in [0.4, 0.5) is 0 Å². The van der Waals surface area contributed by atoms with Crippen LogP contribution in [0.2, 0.25) is 0 Å². The highest BCUT2D eigenvalue weighted by Gasteiger charge is 2.14. The van der Waals surface area contributed by atoms with Crippen molar-refractivity contribution in [2.45, 2.75) is 0 Å². The van der Waals surface area contributed by atoms with E-state index in [9.17, 15) is 14.4 Å². The van der Waals surface area contributed by atoms with Crippen LogP contribution in [0.3, 0.4) is 0 Å². The number of carboxylic acids is 3. The Morgan fingerprint density at radius 2 is 0.947 bits per heavy atom. The van der Waals surface area contributed by atoms with E-state index >= 15 is 0 Å². The van der Waals surface area contributed by atoms with Crippen LogP contribution < -0.4 is 0 Å². The number of halogens is 3. The molecule has 0 radical (unpaired) electrons. The maximum Gasteiger partial charge on any atom is 0.335 e. The summed E-state index contributed by atoms with van der Waals surface area (Å²) in [7, 11) is 0. The summed E-state index contributed by atoms with van der Waals surface area (Å²) in [4.78, 5) is 31.7. The van der Waals surface area contributed by atoms with Gasteiger partial charge in [-0.1, -0.05) is 0 Å². The Bertz CT molecular complexity index is 395. The first-order chi connectivity index (χ1) is 8.33. The van der Waals surface area contributed by atoms with E-state index in [1.807, 2.05) is 0 Å². The molecule has 0 fully saturated rings. The van der Waals surface area contributed by atoms with Crippen molar-refractivity contribution >= 4 is 53.5 Å². The fourth-order valence-electron chi connectivity index (χ4n) is 0.998. The Hall–Kier alpha value is -1.50. The molecule has 0 saturated carbocycles. The van der Waals surface area contributed by atoms with Gasteiger partial charge in [-0.15, -0.1) is 35.6 Å². The molecule has 0 bridgehead atoms. The number of rotatable bonds is 3.